The van der Waals surface area contributed by atoms with Gasteiger partial charge in [0.15, 0.2) is 0 Å². The number of alkyl halides is 1. The number of nitro groups is 1. The summed E-state index contributed by atoms with van der Waals surface area (Å²) in [6.45, 7) is 0. The van der Waals surface area contributed by atoms with Gasteiger partial charge in [0.25, 0.3) is 0 Å². The molecule has 0 radical (unpaired) electrons. The normalized spacial score (nSPS) is 12.4. The van der Waals surface area contributed by atoms with Crippen molar-refractivity contribution in [2.75, 3.05) is 0 Å². The third-order valence-corrected chi connectivity index (χ3v) is 2.19. The second-order valence-corrected chi connectivity index (χ2v) is 3.61. The van der Waals surface area contributed by atoms with Gasteiger partial charge >= 0.3 is 11.9 Å². The molecule has 7 heteroatoms. The monoisotopic (exact) mass is 263 g/mol. The van der Waals surface area contributed by atoms with Crippen molar-refractivity contribution in [2.24, 2.45) is 0 Å². The lowest BCUT2D eigenvalue weighted by molar-refractivity contribution is -0.402. The number of carbonyl (C=O) groups is 1. The number of hydrogen-bond acceptors (Lipinski definition) is 4. The number of hydrogen-bond donors (Lipinski definition) is 1. The van der Waals surface area contributed by atoms with E-state index in [0.29, 0.717) is 0 Å². The molecule has 0 spiro atoms. The number of nitrogens with zero attached hydrogens (tertiary/aromatic N) is 1. The molecule has 1 aromatic heterocycles. The van der Waals surface area contributed by atoms with Crippen molar-refractivity contribution in [3.05, 3.63) is 28.0 Å². The molecule has 0 aliphatic heterocycles. The number of carboxylic acid groups (broad SMARTS) is 1. The Kier molecular flexibility index (Phi) is 3.23. The molecular formula is C7H6BrNO5. The van der Waals surface area contributed by atoms with Gasteiger partial charge in [-0.05, 0) is 6.07 Å². The summed E-state index contributed by atoms with van der Waals surface area (Å²) >= 11 is 2.90. The van der Waals surface area contributed by atoms with Crippen molar-refractivity contribution < 1.29 is 19.2 Å². The Morgan fingerprint density at radius 2 is 2.36 bits per heavy atom. The Bertz CT molecular complexity index is 361. The Morgan fingerprint density at radius 1 is 1.71 bits per heavy atom. The quantitative estimate of drug-likeness (QED) is 0.506. The Balaban J connectivity index is 2.69. The van der Waals surface area contributed by atoms with E-state index in [1.54, 1.807) is 0 Å². The minimum absolute atomic E-state index is 0.0726. The first-order chi connectivity index (χ1) is 6.50. The minimum atomic E-state index is -1.04. The van der Waals surface area contributed by atoms with Gasteiger partial charge in [-0.15, -0.1) is 0 Å². The lowest BCUT2D eigenvalue weighted by Crippen LogP contribution is -2.14. The van der Waals surface area contributed by atoms with E-state index >= 15 is 0 Å². The van der Waals surface area contributed by atoms with E-state index in [9.17, 15) is 14.9 Å². The lowest BCUT2D eigenvalue weighted by atomic mass is 10.2. The summed E-state index contributed by atoms with van der Waals surface area (Å²) in [5.41, 5.74) is 0. The van der Waals surface area contributed by atoms with Crippen molar-refractivity contribution in [3.8, 4) is 0 Å². The number of halogens is 1. The predicted molar refractivity (Wildman–Crippen MR) is 49.4 cm³/mol. The fraction of sp³-hybridized carbons (Fsp3) is 0.286. The smallest absolute Gasteiger partial charge is 0.433 e. The zero-order valence-corrected chi connectivity index (χ0v) is 8.43. The van der Waals surface area contributed by atoms with Crippen LogP contribution >= 0.6 is 15.9 Å². The van der Waals surface area contributed by atoms with Crippen molar-refractivity contribution >= 4 is 27.8 Å². The molecule has 0 aromatic carbocycles. The second kappa shape index (κ2) is 4.23. The fourth-order valence-electron chi connectivity index (χ4n) is 0.838. The maximum atomic E-state index is 10.4. The van der Waals surface area contributed by atoms with Crippen LogP contribution in [0.1, 0.15) is 5.76 Å². The van der Waals surface area contributed by atoms with E-state index in [2.05, 4.69) is 15.9 Å². The first kappa shape index (κ1) is 10.7. The molecule has 0 saturated heterocycles. The zero-order chi connectivity index (χ0) is 10.7. The zero-order valence-electron chi connectivity index (χ0n) is 6.84. The van der Waals surface area contributed by atoms with Gasteiger partial charge in [-0.25, -0.2) is 0 Å². The van der Waals surface area contributed by atoms with E-state index in [0.717, 1.165) is 0 Å². The van der Waals surface area contributed by atoms with Gasteiger partial charge in [0, 0.05) is 6.42 Å². The van der Waals surface area contributed by atoms with Crippen LogP contribution in [-0.4, -0.2) is 20.8 Å². The van der Waals surface area contributed by atoms with Crippen LogP contribution in [0, 0.1) is 10.1 Å². The van der Waals surface area contributed by atoms with Crippen LogP contribution in [-0.2, 0) is 11.2 Å². The van der Waals surface area contributed by atoms with Crippen LogP contribution in [0.4, 0.5) is 5.88 Å². The molecule has 0 aliphatic carbocycles. The molecule has 0 fully saturated rings. The third kappa shape index (κ3) is 2.56. The minimum Gasteiger partial charge on any atom is -0.480 e. The highest BCUT2D eigenvalue weighted by molar-refractivity contribution is 9.10. The summed E-state index contributed by atoms with van der Waals surface area (Å²) in [7, 11) is 0. The van der Waals surface area contributed by atoms with E-state index in [-0.39, 0.29) is 18.1 Å². The summed E-state index contributed by atoms with van der Waals surface area (Å²) in [5, 5.41) is 18.8. The molecule has 6 nitrogen and oxygen atoms in total. The van der Waals surface area contributed by atoms with Gasteiger partial charge in [-0.3, -0.25) is 14.9 Å². The number of aliphatic carboxylic acids is 1. The lowest BCUT2D eigenvalue weighted by Gasteiger charge is -1.99. The summed E-state index contributed by atoms with van der Waals surface area (Å²) < 4.78 is 4.77. The molecule has 0 aliphatic rings. The molecule has 1 heterocycles. The van der Waals surface area contributed by atoms with E-state index in [1.165, 1.54) is 12.1 Å². The van der Waals surface area contributed by atoms with Crippen LogP contribution in [0.15, 0.2) is 16.5 Å². The van der Waals surface area contributed by atoms with Crippen LogP contribution < -0.4 is 0 Å². The molecule has 0 saturated carbocycles. The summed E-state index contributed by atoms with van der Waals surface area (Å²) in [4.78, 5) is 19.2. The molecular weight excluding hydrogens is 258 g/mol. The highest BCUT2D eigenvalue weighted by atomic mass is 79.9. The topological polar surface area (TPSA) is 93.6 Å². The Morgan fingerprint density at radius 3 is 2.79 bits per heavy atom. The molecule has 1 N–H and O–H groups in total. The summed E-state index contributed by atoms with van der Waals surface area (Å²) in [6.07, 6.45) is 0.0726. The number of furan rings is 1. The molecule has 1 rings (SSSR count). The van der Waals surface area contributed by atoms with Crippen LogP contribution in [0.5, 0.6) is 0 Å². The SMILES string of the molecule is O=C(O)C(Br)Cc1ccc([N+](=O)[O-])o1. The standard InChI is InChI=1S/C7H6BrNO5/c8-5(7(10)11)3-4-1-2-6(14-4)9(12)13/h1-2,5H,3H2,(H,10,11). The van der Waals surface area contributed by atoms with Crippen LogP contribution in [0.3, 0.4) is 0 Å². The highest BCUT2D eigenvalue weighted by Crippen LogP contribution is 2.18. The van der Waals surface area contributed by atoms with E-state index in [1.807, 2.05) is 0 Å². The third-order valence-electron chi connectivity index (χ3n) is 1.48. The van der Waals surface area contributed by atoms with Crippen molar-refractivity contribution in [1.82, 2.24) is 0 Å². The summed E-state index contributed by atoms with van der Waals surface area (Å²) in [5.74, 6) is -1.16. The van der Waals surface area contributed by atoms with Gasteiger partial charge in [0.05, 0.1) is 6.07 Å². The van der Waals surface area contributed by atoms with Gasteiger partial charge in [0.2, 0.25) is 0 Å². The highest BCUT2D eigenvalue weighted by Gasteiger charge is 2.18. The van der Waals surface area contributed by atoms with E-state index in [4.69, 9.17) is 9.52 Å². The largest absolute Gasteiger partial charge is 0.480 e. The molecule has 0 bridgehead atoms. The average molecular weight is 264 g/mol. The van der Waals surface area contributed by atoms with Gasteiger partial charge in [-0.2, -0.15) is 0 Å². The molecule has 1 aromatic rings. The first-order valence-electron chi connectivity index (χ1n) is 3.60. The van der Waals surface area contributed by atoms with Crippen molar-refractivity contribution in [1.29, 1.82) is 0 Å². The molecule has 14 heavy (non-hydrogen) atoms. The maximum Gasteiger partial charge on any atom is 0.433 e. The molecule has 0 amide bonds. The van der Waals surface area contributed by atoms with Crippen molar-refractivity contribution in [2.45, 2.75) is 11.2 Å². The van der Waals surface area contributed by atoms with E-state index < -0.39 is 15.7 Å². The van der Waals surface area contributed by atoms with Gasteiger partial charge in [0.1, 0.15) is 15.5 Å². The maximum absolute atomic E-state index is 10.4. The van der Waals surface area contributed by atoms with Gasteiger partial charge < -0.3 is 9.52 Å². The second-order valence-electron chi connectivity index (χ2n) is 2.51. The Labute approximate surface area is 86.8 Å². The molecule has 1 unspecified atom stereocenters. The summed E-state index contributed by atoms with van der Waals surface area (Å²) in [6, 6.07) is 2.58. The van der Waals surface area contributed by atoms with Crippen LogP contribution in [0.2, 0.25) is 0 Å². The van der Waals surface area contributed by atoms with Gasteiger partial charge in [-0.1, -0.05) is 15.9 Å². The molecule has 1 atom stereocenters. The number of carboxylic acids is 1. The van der Waals surface area contributed by atoms with Crippen molar-refractivity contribution in [3.63, 3.8) is 0 Å². The first-order valence-corrected chi connectivity index (χ1v) is 4.52. The van der Waals surface area contributed by atoms with Crippen LogP contribution in [0.25, 0.3) is 0 Å². The fourth-order valence-corrected chi connectivity index (χ4v) is 1.16. The average Bonchev–Trinajstić information content (AvgIpc) is 2.52. The predicted octanol–water partition coefficient (Wildman–Crippen LogP) is 1.58. The number of rotatable bonds is 4. The Hall–Kier alpha value is -1.37. The molecule has 76 valence electrons.